The van der Waals surface area contributed by atoms with Crippen LogP contribution in [-0.2, 0) is 11.2 Å². The lowest BCUT2D eigenvalue weighted by Gasteiger charge is -2.21. The van der Waals surface area contributed by atoms with Gasteiger partial charge in [0, 0.05) is 30.4 Å². The lowest BCUT2D eigenvalue weighted by molar-refractivity contribution is 0.0835. The Morgan fingerprint density at radius 3 is 2.78 bits per heavy atom. The second-order valence-electron chi connectivity index (χ2n) is 4.76. The number of H-pyrrole nitrogens is 1. The van der Waals surface area contributed by atoms with Crippen LogP contribution in [0.25, 0.3) is 0 Å². The van der Waals surface area contributed by atoms with E-state index in [2.05, 4.69) is 15.3 Å². The van der Waals surface area contributed by atoms with Crippen LogP contribution in [-0.4, -0.2) is 36.8 Å². The average molecular weight is 251 g/mol. The molecule has 0 bridgehead atoms. The van der Waals surface area contributed by atoms with E-state index in [1.165, 1.54) is 0 Å². The molecule has 1 aliphatic rings. The number of ether oxygens (including phenoxy) is 1. The van der Waals surface area contributed by atoms with E-state index in [9.17, 15) is 4.79 Å². The molecule has 1 aromatic rings. The van der Waals surface area contributed by atoms with E-state index < -0.39 is 0 Å². The third-order valence-electron chi connectivity index (χ3n) is 3.47. The molecule has 0 saturated carbocycles. The molecule has 1 fully saturated rings. The molecule has 0 radical (unpaired) electrons. The van der Waals surface area contributed by atoms with Crippen molar-refractivity contribution in [3.8, 4) is 0 Å². The van der Waals surface area contributed by atoms with Gasteiger partial charge in [-0.25, -0.2) is 4.98 Å². The predicted molar refractivity (Wildman–Crippen MR) is 70.0 cm³/mol. The Balaban J connectivity index is 2.21. The zero-order valence-corrected chi connectivity index (χ0v) is 11.1. The SMILES string of the molecule is CNCCc1c(C)nc(C2CCOCC2)[nH]c1=O. The molecule has 1 aliphatic heterocycles. The quantitative estimate of drug-likeness (QED) is 0.828. The van der Waals surface area contributed by atoms with Gasteiger partial charge in [0.05, 0.1) is 0 Å². The Morgan fingerprint density at radius 1 is 1.44 bits per heavy atom. The highest BCUT2D eigenvalue weighted by Gasteiger charge is 2.19. The number of aryl methyl sites for hydroxylation is 1. The maximum absolute atomic E-state index is 12.1. The van der Waals surface area contributed by atoms with E-state index in [4.69, 9.17) is 4.74 Å². The number of nitrogens with one attached hydrogen (secondary N) is 2. The van der Waals surface area contributed by atoms with Gasteiger partial charge in [0.15, 0.2) is 0 Å². The summed E-state index contributed by atoms with van der Waals surface area (Å²) >= 11 is 0. The summed E-state index contributed by atoms with van der Waals surface area (Å²) < 4.78 is 5.33. The van der Waals surface area contributed by atoms with Crippen LogP contribution in [0.1, 0.15) is 35.8 Å². The van der Waals surface area contributed by atoms with E-state index in [0.717, 1.165) is 56.1 Å². The molecular weight excluding hydrogens is 230 g/mol. The molecule has 5 nitrogen and oxygen atoms in total. The van der Waals surface area contributed by atoms with Crippen LogP contribution in [0.15, 0.2) is 4.79 Å². The van der Waals surface area contributed by atoms with Gasteiger partial charge in [0.25, 0.3) is 5.56 Å². The van der Waals surface area contributed by atoms with Crippen LogP contribution in [0.4, 0.5) is 0 Å². The lowest BCUT2D eigenvalue weighted by atomic mass is 9.99. The predicted octanol–water partition coefficient (Wildman–Crippen LogP) is 0.734. The van der Waals surface area contributed by atoms with Crippen molar-refractivity contribution >= 4 is 0 Å². The van der Waals surface area contributed by atoms with Crippen molar-refractivity contribution in [3.63, 3.8) is 0 Å². The van der Waals surface area contributed by atoms with E-state index in [0.29, 0.717) is 5.92 Å². The number of nitrogens with zero attached hydrogens (tertiary/aromatic N) is 1. The fraction of sp³-hybridized carbons (Fsp3) is 0.692. The first kappa shape index (κ1) is 13.2. The summed E-state index contributed by atoms with van der Waals surface area (Å²) in [7, 11) is 1.88. The Morgan fingerprint density at radius 2 is 2.17 bits per heavy atom. The smallest absolute Gasteiger partial charge is 0.254 e. The van der Waals surface area contributed by atoms with Crippen LogP contribution in [0.3, 0.4) is 0 Å². The number of aromatic nitrogens is 2. The van der Waals surface area contributed by atoms with E-state index in [1.807, 2.05) is 14.0 Å². The standard InChI is InChI=1S/C13H21N3O2/c1-9-11(3-6-14-2)13(17)16-12(15-9)10-4-7-18-8-5-10/h10,14H,3-8H2,1-2H3,(H,15,16,17). The Bertz CT molecular complexity index is 450. The number of hydrogen-bond acceptors (Lipinski definition) is 4. The molecule has 0 aromatic carbocycles. The van der Waals surface area contributed by atoms with Gasteiger partial charge in [-0.05, 0) is 39.8 Å². The van der Waals surface area contributed by atoms with Gasteiger partial charge in [-0.1, -0.05) is 0 Å². The number of aromatic amines is 1. The zero-order chi connectivity index (χ0) is 13.0. The molecule has 1 aromatic heterocycles. The fourth-order valence-electron chi connectivity index (χ4n) is 2.34. The second kappa shape index (κ2) is 6.11. The molecule has 2 N–H and O–H groups in total. The largest absolute Gasteiger partial charge is 0.381 e. The minimum atomic E-state index is 0.0132. The van der Waals surface area contributed by atoms with Crippen molar-refractivity contribution in [2.45, 2.75) is 32.1 Å². The maximum atomic E-state index is 12.1. The molecular formula is C13H21N3O2. The van der Waals surface area contributed by atoms with Crippen LogP contribution in [0.5, 0.6) is 0 Å². The first-order chi connectivity index (χ1) is 8.72. The molecule has 2 heterocycles. The van der Waals surface area contributed by atoms with Crippen molar-refractivity contribution < 1.29 is 4.74 Å². The summed E-state index contributed by atoms with van der Waals surface area (Å²) in [5.74, 6) is 1.16. The van der Waals surface area contributed by atoms with Crippen LogP contribution in [0.2, 0.25) is 0 Å². The molecule has 100 valence electrons. The molecule has 0 aliphatic carbocycles. The monoisotopic (exact) mass is 251 g/mol. The Labute approximate surface area is 107 Å². The molecule has 0 unspecified atom stereocenters. The third kappa shape index (κ3) is 2.97. The molecule has 18 heavy (non-hydrogen) atoms. The minimum Gasteiger partial charge on any atom is -0.381 e. The number of rotatable bonds is 4. The van der Waals surface area contributed by atoms with E-state index in [-0.39, 0.29) is 5.56 Å². The normalized spacial score (nSPS) is 17.0. The molecule has 0 spiro atoms. The maximum Gasteiger partial charge on any atom is 0.254 e. The van der Waals surface area contributed by atoms with Crippen molar-refractivity contribution in [2.75, 3.05) is 26.8 Å². The van der Waals surface area contributed by atoms with Crippen molar-refractivity contribution in [3.05, 3.63) is 27.4 Å². The lowest BCUT2D eigenvalue weighted by Crippen LogP contribution is -2.25. The zero-order valence-electron chi connectivity index (χ0n) is 11.1. The summed E-state index contributed by atoms with van der Waals surface area (Å²) in [4.78, 5) is 19.6. The fourth-order valence-corrected chi connectivity index (χ4v) is 2.34. The highest BCUT2D eigenvalue weighted by molar-refractivity contribution is 5.18. The number of hydrogen-bond donors (Lipinski definition) is 2. The van der Waals surface area contributed by atoms with E-state index >= 15 is 0 Å². The van der Waals surface area contributed by atoms with Gasteiger partial charge in [-0.3, -0.25) is 4.79 Å². The van der Waals surface area contributed by atoms with E-state index in [1.54, 1.807) is 0 Å². The van der Waals surface area contributed by atoms with Crippen LogP contribution in [0, 0.1) is 6.92 Å². The molecule has 1 saturated heterocycles. The highest BCUT2D eigenvalue weighted by Crippen LogP contribution is 2.23. The number of likely N-dealkylation sites (N-methyl/N-ethyl adjacent to an activating group) is 1. The first-order valence-corrected chi connectivity index (χ1v) is 6.54. The van der Waals surface area contributed by atoms with Gasteiger partial charge in [-0.15, -0.1) is 0 Å². The summed E-state index contributed by atoms with van der Waals surface area (Å²) in [6.07, 6.45) is 2.61. The third-order valence-corrected chi connectivity index (χ3v) is 3.47. The summed E-state index contributed by atoms with van der Waals surface area (Å²) in [5, 5.41) is 3.05. The Kier molecular flexibility index (Phi) is 4.49. The van der Waals surface area contributed by atoms with Gasteiger partial charge >= 0.3 is 0 Å². The average Bonchev–Trinajstić information content (AvgIpc) is 2.39. The van der Waals surface area contributed by atoms with Gasteiger partial charge in [0.1, 0.15) is 5.82 Å². The minimum absolute atomic E-state index is 0.0132. The van der Waals surface area contributed by atoms with Crippen molar-refractivity contribution in [1.82, 2.24) is 15.3 Å². The van der Waals surface area contributed by atoms with Crippen LogP contribution >= 0.6 is 0 Å². The molecule has 2 rings (SSSR count). The summed E-state index contributed by atoms with van der Waals surface area (Å²) in [6.45, 7) is 4.23. The topological polar surface area (TPSA) is 67.0 Å². The van der Waals surface area contributed by atoms with Gasteiger partial charge < -0.3 is 15.0 Å². The van der Waals surface area contributed by atoms with Crippen molar-refractivity contribution in [2.24, 2.45) is 0 Å². The van der Waals surface area contributed by atoms with Crippen molar-refractivity contribution in [1.29, 1.82) is 0 Å². The summed E-state index contributed by atoms with van der Waals surface area (Å²) in [5.41, 5.74) is 1.66. The van der Waals surface area contributed by atoms with Gasteiger partial charge in [0.2, 0.25) is 0 Å². The molecule has 5 heteroatoms. The van der Waals surface area contributed by atoms with Crippen LogP contribution < -0.4 is 10.9 Å². The first-order valence-electron chi connectivity index (χ1n) is 6.54. The Hall–Kier alpha value is -1.20. The molecule has 0 atom stereocenters. The second-order valence-corrected chi connectivity index (χ2v) is 4.76. The summed E-state index contributed by atoms with van der Waals surface area (Å²) in [6, 6.07) is 0. The molecule has 0 amide bonds. The van der Waals surface area contributed by atoms with Gasteiger partial charge in [-0.2, -0.15) is 0 Å². The highest BCUT2D eigenvalue weighted by atomic mass is 16.5.